The van der Waals surface area contributed by atoms with Crippen molar-refractivity contribution in [2.24, 2.45) is 0 Å². The van der Waals surface area contributed by atoms with E-state index in [9.17, 15) is 10.1 Å². The van der Waals surface area contributed by atoms with E-state index in [1.807, 2.05) is 36.4 Å². The molecule has 2 aromatic carbocycles. The van der Waals surface area contributed by atoms with Crippen molar-refractivity contribution in [1.29, 1.82) is 5.26 Å². The van der Waals surface area contributed by atoms with Gasteiger partial charge in [-0.3, -0.25) is 4.79 Å². The summed E-state index contributed by atoms with van der Waals surface area (Å²) >= 11 is 0. The lowest BCUT2D eigenvalue weighted by Crippen LogP contribution is -2.40. The van der Waals surface area contributed by atoms with Gasteiger partial charge in [0, 0.05) is 24.0 Å². The van der Waals surface area contributed by atoms with Gasteiger partial charge in [0.2, 0.25) is 0 Å². The summed E-state index contributed by atoms with van der Waals surface area (Å²) in [6.45, 7) is 4.26. The number of hydrogen-bond donors (Lipinski definition) is 1. The number of carbonyl (C=O) groups is 1. The molecule has 2 atom stereocenters. The highest BCUT2D eigenvalue weighted by Crippen LogP contribution is 2.25. The number of rotatable bonds is 5. The van der Waals surface area contributed by atoms with Crippen LogP contribution in [0.2, 0.25) is 0 Å². The summed E-state index contributed by atoms with van der Waals surface area (Å²) in [4.78, 5) is 14.7. The Balaban J connectivity index is 1.66. The summed E-state index contributed by atoms with van der Waals surface area (Å²) in [5.74, 6) is 1.03. The van der Waals surface area contributed by atoms with Gasteiger partial charge in [0.15, 0.2) is 0 Å². The Morgan fingerprint density at radius 1 is 1.07 bits per heavy atom. The van der Waals surface area contributed by atoms with Crippen LogP contribution >= 0.6 is 0 Å². The number of ether oxygens (including phenoxy) is 1. The molecule has 1 N–H and O–H groups in total. The second-order valence-corrected chi connectivity index (χ2v) is 7.12. The highest BCUT2D eigenvalue weighted by Gasteiger charge is 2.23. The van der Waals surface area contributed by atoms with Gasteiger partial charge in [0.05, 0.1) is 0 Å². The first-order chi connectivity index (χ1) is 13.6. The number of hydrogen-bond acceptors (Lipinski definition) is 4. The molecule has 2 unspecified atom stereocenters. The lowest BCUT2D eigenvalue weighted by Gasteiger charge is -2.38. The molecular weight excluding hydrogens is 350 g/mol. The molecule has 1 aliphatic rings. The van der Waals surface area contributed by atoms with Gasteiger partial charge in [-0.15, -0.1) is 0 Å². The summed E-state index contributed by atoms with van der Waals surface area (Å²) in [6.07, 6.45) is 5.03. The van der Waals surface area contributed by atoms with Crippen molar-refractivity contribution >= 4 is 11.6 Å². The fourth-order valence-corrected chi connectivity index (χ4v) is 3.41. The van der Waals surface area contributed by atoms with Crippen molar-refractivity contribution in [3.8, 4) is 17.6 Å². The van der Waals surface area contributed by atoms with Crippen molar-refractivity contribution in [2.75, 3.05) is 5.32 Å². The molecule has 0 bridgehead atoms. The van der Waals surface area contributed by atoms with E-state index in [0.29, 0.717) is 23.5 Å². The maximum absolute atomic E-state index is 12.5. The monoisotopic (exact) mass is 375 g/mol. The van der Waals surface area contributed by atoms with Crippen molar-refractivity contribution in [1.82, 2.24) is 4.90 Å². The van der Waals surface area contributed by atoms with Crippen LogP contribution in [0.25, 0.3) is 0 Å². The Morgan fingerprint density at radius 2 is 1.68 bits per heavy atom. The molecule has 0 aliphatic carbocycles. The van der Waals surface area contributed by atoms with E-state index in [4.69, 9.17) is 4.74 Å². The summed E-state index contributed by atoms with van der Waals surface area (Å²) in [7, 11) is 0. The number of nitrogens with zero attached hydrogens (tertiary/aromatic N) is 2. The number of benzene rings is 2. The minimum Gasteiger partial charge on any atom is -0.457 e. The van der Waals surface area contributed by atoms with Gasteiger partial charge in [-0.1, -0.05) is 18.2 Å². The second-order valence-electron chi connectivity index (χ2n) is 7.12. The third kappa shape index (κ3) is 4.92. The first-order valence-electron chi connectivity index (χ1n) is 9.60. The van der Waals surface area contributed by atoms with E-state index in [1.54, 1.807) is 30.5 Å². The third-order valence-electron chi connectivity index (χ3n) is 5.00. The maximum atomic E-state index is 12.5. The van der Waals surface area contributed by atoms with Crippen LogP contribution in [-0.2, 0) is 4.79 Å². The van der Waals surface area contributed by atoms with Crippen LogP contribution in [0.4, 0.5) is 5.69 Å². The van der Waals surface area contributed by atoms with E-state index >= 15 is 0 Å². The number of nitriles is 1. The highest BCUT2D eigenvalue weighted by atomic mass is 16.5. The van der Waals surface area contributed by atoms with Crippen LogP contribution in [-0.4, -0.2) is 22.9 Å². The van der Waals surface area contributed by atoms with Crippen LogP contribution in [0.3, 0.4) is 0 Å². The van der Waals surface area contributed by atoms with Gasteiger partial charge < -0.3 is 15.0 Å². The van der Waals surface area contributed by atoms with Crippen LogP contribution in [0.15, 0.2) is 66.4 Å². The number of likely N-dealkylation sites (tertiary alicyclic amines) is 1. The molecule has 1 amide bonds. The van der Waals surface area contributed by atoms with Gasteiger partial charge in [0.1, 0.15) is 23.1 Å². The van der Waals surface area contributed by atoms with E-state index in [0.717, 1.165) is 18.6 Å². The Kier molecular flexibility index (Phi) is 6.33. The molecule has 5 nitrogen and oxygen atoms in total. The average molecular weight is 375 g/mol. The molecule has 1 aliphatic heterocycles. The van der Waals surface area contributed by atoms with Crippen LogP contribution in [0.1, 0.15) is 33.1 Å². The maximum Gasteiger partial charge on any atom is 0.267 e. The smallest absolute Gasteiger partial charge is 0.267 e. The number of amides is 1. The Morgan fingerprint density at radius 3 is 2.29 bits per heavy atom. The molecule has 0 radical (unpaired) electrons. The topological polar surface area (TPSA) is 65.4 Å². The molecule has 1 heterocycles. The van der Waals surface area contributed by atoms with Crippen molar-refractivity contribution in [3.05, 3.63) is 66.4 Å². The molecular formula is C23H25N3O2. The van der Waals surface area contributed by atoms with Gasteiger partial charge in [-0.05, 0) is 69.5 Å². The molecule has 5 heteroatoms. The standard InChI is InChI=1S/C23H25N3O2/c1-17-7-6-8-18(2)26(17)16-19(15-24)23(27)25-20-11-13-22(14-12-20)28-21-9-4-3-5-10-21/h3-5,9-14,16-18H,6-8H2,1-2H3,(H,25,27)/b19-16-. The fraction of sp³-hybridized carbons (Fsp3) is 0.304. The third-order valence-corrected chi connectivity index (χ3v) is 5.00. The molecule has 0 spiro atoms. The van der Waals surface area contributed by atoms with Gasteiger partial charge in [0.25, 0.3) is 5.91 Å². The summed E-state index contributed by atoms with van der Waals surface area (Å²) in [6, 6.07) is 19.3. The predicted octanol–water partition coefficient (Wildman–Crippen LogP) is 5.09. The quantitative estimate of drug-likeness (QED) is 0.584. The van der Waals surface area contributed by atoms with Crippen molar-refractivity contribution in [2.45, 2.75) is 45.2 Å². The van der Waals surface area contributed by atoms with Crippen molar-refractivity contribution < 1.29 is 9.53 Å². The molecule has 28 heavy (non-hydrogen) atoms. The Bertz CT molecular complexity index is 859. The van der Waals surface area contributed by atoms with Gasteiger partial charge in [-0.2, -0.15) is 5.26 Å². The zero-order chi connectivity index (χ0) is 19.9. The largest absolute Gasteiger partial charge is 0.457 e. The average Bonchev–Trinajstić information content (AvgIpc) is 2.70. The molecule has 3 rings (SSSR count). The molecule has 144 valence electrons. The fourth-order valence-electron chi connectivity index (χ4n) is 3.41. The Hall–Kier alpha value is -3.26. The minimum atomic E-state index is -0.399. The summed E-state index contributed by atoms with van der Waals surface area (Å²) in [5.41, 5.74) is 0.733. The van der Waals surface area contributed by atoms with Crippen LogP contribution in [0.5, 0.6) is 11.5 Å². The van der Waals surface area contributed by atoms with E-state index in [1.165, 1.54) is 6.42 Å². The van der Waals surface area contributed by atoms with Crippen molar-refractivity contribution in [3.63, 3.8) is 0 Å². The number of piperidine rings is 1. The number of carbonyl (C=O) groups excluding carboxylic acids is 1. The number of para-hydroxylation sites is 1. The van der Waals surface area contributed by atoms with E-state index in [2.05, 4.69) is 24.1 Å². The van der Waals surface area contributed by atoms with Crippen LogP contribution < -0.4 is 10.1 Å². The zero-order valence-corrected chi connectivity index (χ0v) is 16.3. The van der Waals surface area contributed by atoms with Crippen LogP contribution in [0, 0.1) is 11.3 Å². The molecule has 0 saturated carbocycles. The Labute approximate surface area is 166 Å². The van der Waals surface area contributed by atoms with E-state index < -0.39 is 5.91 Å². The second kappa shape index (κ2) is 9.09. The van der Waals surface area contributed by atoms with Gasteiger partial charge >= 0.3 is 0 Å². The molecule has 2 aromatic rings. The summed E-state index contributed by atoms with van der Waals surface area (Å²) in [5, 5.41) is 12.3. The first kappa shape index (κ1) is 19.5. The summed E-state index contributed by atoms with van der Waals surface area (Å²) < 4.78 is 5.75. The molecule has 1 saturated heterocycles. The zero-order valence-electron chi connectivity index (χ0n) is 16.3. The number of nitrogens with one attached hydrogen (secondary N) is 1. The molecule has 1 fully saturated rings. The first-order valence-corrected chi connectivity index (χ1v) is 9.60. The lowest BCUT2D eigenvalue weighted by molar-refractivity contribution is -0.112. The van der Waals surface area contributed by atoms with Gasteiger partial charge in [-0.25, -0.2) is 0 Å². The molecule has 0 aromatic heterocycles. The SMILES string of the molecule is CC1CCCC(C)N1/C=C(/C#N)C(=O)Nc1ccc(Oc2ccccc2)cc1. The highest BCUT2D eigenvalue weighted by molar-refractivity contribution is 6.06. The predicted molar refractivity (Wildman–Crippen MR) is 110 cm³/mol. The normalized spacial score (nSPS) is 19.6. The minimum absolute atomic E-state index is 0.116. The lowest BCUT2D eigenvalue weighted by atomic mass is 9.98. The van der Waals surface area contributed by atoms with E-state index in [-0.39, 0.29) is 5.57 Å². The number of anilines is 1.